The van der Waals surface area contributed by atoms with Gasteiger partial charge < -0.3 is 10.1 Å². The third kappa shape index (κ3) is 4.67. The first-order chi connectivity index (χ1) is 12.5. The number of rotatable bonds is 6. The van der Waals surface area contributed by atoms with E-state index in [1.165, 1.54) is 11.3 Å². The van der Waals surface area contributed by atoms with Gasteiger partial charge in [-0.3, -0.25) is 9.78 Å². The number of amides is 1. The summed E-state index contributed by atoms with van der Waals surface area (Å²) < 4.78 is 5.61. The van der Waals surface area contributed by atoms with Crippen molar-refractivity contribution in [2.45, 2.75) is 33.3 Å². The van der Waals surface area contributed by atoms with Crippen LogP contribution < -0.4 is 10.1 Å². The predicted molar refractivity (Wildman–Crippen MR) is 105 cm³/mol. The van der Waals surface area contributed by atoms with E-state index in [-0.39, 0.29) is 12.0 Å². The first-order valence-electron chi connectivity index (χ1n) is 8.45. The van der Waals surface area contributed by atoms with Crippen LogP contribution in [-0.4, -0.2) is 22.0 Å². The van der Waals surface area contributed by atoms with E-state index in [4.69, 9.17) is 4.74 Å². The summed E-state index contributed by atoms with van der Waals surface area (Å²) in [4.78, 5) is 22.2. The number of aryl methyl sites for hydroxylation is 1. The number of thiazole rings is 1. The van der Waals surface area contributed by atoms with Gasteiger partial charge in [0.05, 0.1) is 23.9 Å². The smallest absolute Gasteiger partial charge is 0.229 e. The Kier molecular flexibility index (Phi) is 5.63. The highest BCUT2D eigenvalue weighted by Crippen LogP contribution is 2.27. The van der Waals surface area contributed by atoms with Gasteiger partial charge in [0, 0.05) is 16.8 Å². The number of benzene rings is 1. The predicted octanol–water partition coefficient (Wildman–Crippen LogP) is 4.48. The molecule has 2 heterocycles. The first kappa shape index (κ1) is 18.1. The van der Waals surface area contributed by atoms with Crippen molar-refractivity contribution in [2.24, 2.45) is 0 Å². The molecule has 1 aromatic carbocycles. The number of hydrogen-bond acceptors (Lipinski definition) is 5. The monoisotopic (exact) mass is 367 g/mol. The van der Waals surface area contributed by atoms with Crippen LogP contribution in [0, 0.1) is 6.92 Å². The lowest BCUT2D eigenvalue weighted by atomic mass is 10.2. The van der Waals surface area contributed by atoms with Gasteiger partial charge in [0.1, 0.15) is 10.8 Å². The third-order valence-electron chi connectivity index (χ3n) is 3.61. The molecule has 6 heteroatoms. The van der Waals surface area contributed by atoms with Crippen LogP contribution in [0.1, 0.15) is 24.4 Å². The van der Waals surface area contributed by atoms with Crippen molar-refractivity contribution in [2.75, 3.05) is 5.32 Å². The van der Waals surface area contributed by atoms with Crippen molar-refractivity contribution < 1.29 is 9.53 Å². The highest BCUT2D eigenvalue weighted by molar-refractivity contribution is 7.15. The van der Waals surface area contributed by atoms with Gasteiger partial charge in [-0.1, -0.05) is 6.07 Å². The number of nitrogens with zero attached hydrogens (tertiary/aromatic N) is 2. The molecule has 0 atom stereocenters. The Hall–Kier alpha value is -2.73. The summed E-state index contributed by atoms with van der Waals surface area (Å²) in [5, 5.41) is 3.75. The zero-order valence-electron chi connectivity index (χ0n) is 15.0. The molecule has 3 rings (SSSR count). The van der Waals surface area contributed by atoms with Gasteiger partial charge in [0.25, 0.3) is 0 Å². The van der Waals surface area contributed by atoms with Crippen molar-refractivity contribution >= 4 is 22.9 Å². The summed E-state index contributed by atoms with van der Waals surface area (Å²) in [5.41, 5.74) is 2.44. The molecule has 0 spiro atoms. The van der Waals surface area contributed by atoms with Gasteiger partial charge in [-0.05, 0) is 57.2 Å². The standard InChI is InChI=1S/C20H21N3O2S/c1-13(2)25-16-9-7-15(8-10-16)23-19(24)12-18-14(3)22-20(26-18)17-6-4-5-11-21-17/h4-11,13H,12H2,1-3H3,(H,23,24). The van der Waals surface area contributed by atoms with Crippen molar-refractivity contribution in [1.82, 2.24) is 9.97 Å². The van der Waals surface area contributed by atoms with E-state index in [0.717, 1.165) is 32.7 Å². The number of ether oxygens (including phenoxy) is 1. The molecule has 0 saturated heterocycles. The zero-order chi connectivity index (χ0) is 18.5. The Bertz CT molecular complexity index is 874. The number of carbonyl (C=O) groups is 1. The Morgan fingerprint density at radius 1 is 1.19 bits per heavy atom. The number of hydrogen-bond donors (Lipinski definition) is 1. The quantitative estimate of drug-likeness (QED) is 0.697. The summed E-state index contributed by atoms with van der Waals surface area (Å²) >= 11 is 1.51. The second-order valence-electron chi connectivity index (χ2n) is 6.16. The SMILES string of the molecule is Cc1nc(-c2ccccn2)sc1CC(=O)Nc1ccc(OC(C)C)cc1. The molecular weight excluding hydrogens is 346 g/mol. The number of aromatic nitrogens is 2. The molecule has 0 aliphatic heterocycles. The van der Waals surface area contributed by atoms with Crippen LogP contribution in [0.15, 0.2) is 48.7 Å². The molecule has 0 unspecified atom stereocenters. The van der Waals surface area contributed by atoms with Gasteiger partial charge in [0.15, 0.2) is 0 Å². The van der Waals surface area contributed by atoms with E-state index in [0.29, 0.717) is 6.42 Å². The summed E-state index contributed by atoms with van der Waals surface area (Å²) in [7, 11) is 0. The second kappa shape index (κ2) is 8.10. The minimum absolute atomic E-state index is 0.0677. The Labute approximate surface area is 157 Å². The van der Waals surface area contributed by atoms with E-state index in [1.807, 2.05) is 63.2 Å². The molecule has 0 aliphatic rings. The van der Waals surface area contributed by atoms with Crippen molar-refractivity contribution in [1.29, 1.82) is 0 Å². The fourth-order valence-corrected chi connectivity index (χ4v) is 3.47. The summed E-state index contributed by atoms with van der Waals surface area (Å²) in [5.74, 6) is 0.721. The number of nitrogens with one attached hydrogen (secondary N) is 1. The van der Waals surface area contributed by atoms with E-state index in [2.05, 4.69) is 15.3 Å². The molecule has 0 saturated carbocycles. The Morgan fingerprint density at radius 3 is 2.62 bits per heavy atom. The lowest BCUT2D eigenvalue weighted by molar-refractivity contribution is -0.115. The number of carbonyl (C=O) groups excluding carboxylic acids is 1. The molecule has 5 nitrogen and oxygen atoms in total. The maximum Gasteiger partial charge on any atom is 0.229 e. The van der Waals surface area contributed by atoms with E-state index in [9.17, 15) is 4.79 Å². The summed E-state index contributed by atoms with van der Waals surface area (Å²) in [6.45, 7) is 5.88. The van der Waals surface area contributed by atoms with E-state index < -0.39 is 0 Å². The van der Waals surface area contributed by atoms with E-state index >= 15 is 0 Å². The normalized spacial score (nSPS) is 10.8. The molecule has 1 N–H and O–H groups in total. The largest absolute Gasteiger partial charge is 0.491 e. The van der Waals surface area contributed by atoms with Crippen LogP contribution in [0.25, 0.3) is 10.7 Å². The highest BCUT2D eigenvalue weighted by atomic mass is 32.1. The fraction of sp³-hybridized carbons (Fsp3) is 0.250. The average molecular weight is 367 g/mol. The molecule has 134 valence electrons. The minimum Gasteiger partial charge on any atom is -0.491 e. The number of pyridine rings is 1. The fourth-order valence-electron chi connectivity index (χ4n) is 2.43. The molecule has 0 bridgehead atoms. The van der Waals surface area contributed by atoms with Gasteiger partial charge in [-0.2, -0.15) is 0 Å². The maximum absolute atomic E-state index is 12.4. The summed E-state index contributed by atoms with van der Waals surface area (Å²) in [6.07, 6.45) is 2.16. The van der Waals surface area contributed by atoms with Crippen LogP contribution in [-0.2, 0) is 11.2 Å². The molecule has 0 radical (unpaired) electrons. The molecule has 0 aliphatic carbocycles. The van der Waals surface area contributed by atoms with Crippen LogP contribution in [0.3, 0.4) is 0 Å². The van der Waals surface area contributed by atoms with Crippen molar-refractivity contribution in [3.05, 3.63) is 59.2 Å². The molecule has 1 amide bonds. The lowest BCUT2D eigenvalue weighted by Gasteiger charge is -2.10. The molecule has 2 aromatic heterocycles. The highest BCUT2D eigenvalue weighted by Gasteiger charge is 2.14. The summed E-state index contributed by atoms with van der Waals surface area (Å²) in [6, 6.07) is 13.1. The van der Waals surface area contributed by atoms with Crippen molar-refractivity contribution in [3.8, 4) is 16.5 Å². The van der Waals surface area contributed by atoms with Gasteiger partial charge in [-0.15, -0.1) is 11.3 Å². The van der Waals surface area contributed by atoms with Crippen LogP contribution in [0.5, 0.6) is 5.75 Å². The molecular formula is C20H21N3O2S. The average Bonchev–Trinajstić information content (AvgIpc) is 2.97. The lowest BCUT2D eigenvalue weighted by Crippen LogP contribution is -2.14. The maximum atomic E-state index is 12.4. The first-order valence-corrected chi connectivity index (χ1v) is 9.27. The molecule has 0 fully saturated rings. The topological polar surface area (TPSA) is 64.1 Å². The van der Waals surface area contributed by atoms with Gasteiger partial charge in [-0.25, -0.2) is 4.98 Å². The van der Waals surface area contributed by atoms with Crippen molar-refractivity contribution in [3.63, 3.8) is 0 Å². The zero-order valence-corrected chi connectivity index (χ0v) is 15.8. The van der Waals surface area contributed by atoms with Crippen LogP contribution in [0.4, 0.5) is 5.69 Å². The van der Waals surface area contributed by atoms with Crippen LogP contribution in [0.2, 0.25) is 0 Å². The molecule has 3 aromatic rings. The van der Waals surface area contributed by atoms with Gasteiger partial charge in [0.2, 0.25) is 5.91 Å². The Balaban J connectivity index is 1.64. The second-order valence-corrected chi connectivity index (χ2v) is 7.24. The number of anilines is 1. The van der Waals surface area contributed by atoms with Crippen LogP contribution >= 0.6 is 11.3 Å². The minimum atomic E-state index is -0.0677. The molecule has 26 heavy (non-hydrogen) atoms. The Morgan fingerprint density at radius 2 is 1.96 bits per heavy atom. The van der Waals surface area contributed by atoms with Gasteiger partial charge >= 0.3 is 0 Å². The third-order valence-corrected chi connectivity index (χ3v) is 4.79. The van der Waals surface area contributed by atoms with E-state index in [1.54, 1.807) is 6.20 Å².